The van der Waals surface area contributed by atoms with E-state index in [4.69, 9.17) is 12.2 Å². The highest BCUT2D eigenvalue weighted by Crippen LogP contribution is 2.04. The summed E-state index contributed by atoms with van der Waals surface area (Å²) in [5.74, 6) is 2.49. The molecule has 0 spiro atoms. The molecule has 1 aromatic rings. The van der Waals surface area contributed by atoms with E-state index < -0.39 is 0 Å². The van der Waals surface area contributed by atoms with Crippen molar-refractivity contribution in [1.82, 2.24) is 5.32 Å². The number of carbonyl (C=O) groups is 1. The predicted octanol–water partition coefficient (Wildman–Crippen LogP) is 2.31. The molecule has 1 aromatic carbocycles. The van der Waals surface area contributed by atoms with Crippen LogP contribution >= 0.6 is 0 Å². The van der Waals surface area contributed by atoms with Gasteiger partial charge in [-0.3, -0.25) is 4.79 Å². The van der Waals surface area contributed by atoms with Crippen LogP contribution in [0.5, 0.6) is 0 Å². The van der Waals surface area contributed by atoms with Crippen LogP contribution in [-0.4, -0.2) is 19.0 Å². The van der Waals surface area contributed by atoms with Crippen LogP contribution in [0.2, 0.25) is 0 Å². The number of hydrogen-bond donors (Lipinski definition) is 2. The molecule has 1 rings (SSSR count). The second-order valence-electron chi connectivity index (χ2n) is 4.53. The molecule has 0 aliphatic carbocycles. The molecule has 102 valence electrons. The fraction of sp³-hybridized carbons (Fsp3) is 0.438. The number of nitrogens with one attached hydrogen (secondary N) is 1. The van der Waals surface area contributed by atoms with Crippen molar-refractivity contribution in [2.24, 2.45) is 5.73 Å². The SMILES string of the molecule is C#Cc1ccc(C(=O)NCCCCCCCN)cc1. The maximum absolute atomic E-state index is 11.8. The lowest BCUT2D eigenvalue weighted by atomic mass is 10.1. The number of rotatable bonds is 8. The number of benzene rings is 1. The standard InChI is InChI=1S/C16H22N2O/c1-2-14-8-10-15(11-9-14)16(19)18-13-7-5-3-4-6-12-17/h1,8-11H,3-7,12-13,17H2,(H,18,19). The topological polar surface area (TPSA) is 55.1 Å². The fourth-order valence-electron chi connectivity index (χ4n) is 1.82. The van der Waals surface area contributed by atoms with E-state index in [0.29, 0.717) is 5.56 Å². The molecular weight excluding hydrogens is 236 g/mol. The van der Waals surface area contributed by atoms with Gasteiger partial charge in [0, 0.05) is 17.7 Å². The third-order valence-electron chi connectivity index (χ3n) is 2.98. The van der Waals surface area contributed by atoms with Gasteiger partial charge in [0.15, 0.2) is 0 Å². The van der Waals surface area contributed by atoms with Crippen LogP contribution in [0.15, 0.2) is 24.3 Å². The van der Waals surface area contributed by atoms with E-state index in [1.165, 1.54) is 12.8 Å². The number of hydrogen-bond acceptors (Lipinski definition) is 2. The molecule has 0 bridgehead atoms. The van der Waals surface area contributed by atoms with E-state index >= 15 is 0 Å². The maximum Gasteiger partial charge on any atom is 0.251 e. The van der Waals surface area contributed by atoms with Crippen molar-refractivity contribution in [3.63, 3.8) is 0 Å². The first-order valence-corrected chi connectivity index (χ1v) is 6.83. The van der Waals surface area contributed by atoms with Gasteiger partial charge in [0.1, 0.15) is 0 Å². The minimum absolute atomic E-state index is 0.0365. The van der Waals surface area contributed by atoms with E-state index in [2.05, 4.69) is 11.2 Å². The number of terminal acetylenes is 1. The Kier molecular flexibility index (Phi) is 7.38. The molecule has 0 heterocycles. The molecule has 0 aliphatic rings. The Morgan fingerprint density at radius 2 is 1.74 bits per heavy atom. The molecule has 0 unspecified atom stereocenters. The smallest absolute Gasteiger partial charge is 0.251 e. The lowest BCUT2D eigenvalue weighted by Crippen LogP contribution is -2.24. The van der Waals surface area contributed by atoms with Crippen LogP contribution in [0.4, 0.5) is 0 Å². The molecular formula is C16H22N2O. The van der Waals surface area contributed by atoms with Gasteiger partial charge >= 0.3 is 0 Å². The Hall–Kier alpha value is -1.79. The molecule has 1 amide bonds. The normalized spacial score (nSPS) is 9.89. The molecule has 0 aliphatic heterocycles. The Bertz CT molecular complexity index is 417. The predicted molar refractivity (Wildman–Crippen MR) is 78.8 cm³/mol. The van der Waals surface area contributed by atoms with Crippen LogP contribution < -0.4 is 11.1 Å². The first kappa shape index (κ1) is 15.3. The van der Waals surface area contributed by atoms with Gasteiger partial charge in [-0.25, -0.2) is 0 Å². The molecule has 19 heavy (non-hydrogen) atoms. The molecule has 0 saturated heterocycles. The van der Waals surface area contributed by atoms with Gasteiger partial charge in [-0.1, -0.05) is 25.2 Å². The zero-order valence-corrected chi connectivity index (χ0v) is 11.3. The quantitative estimate of drug-likeness (QED) is 0.555. The summed E-state index contributed by atoms with van der Waals surface area (Å²) in [5, 5.41) is 2.91. The number of carbonyl (C=O) groups excluding carboxylic acids is 1. The summed E-state index contributed by atoms with van der Waals surface area (Å²) >= 11 is 0. The lowest BCUT2D eigenvalue weighted by Gasteiger charge is -2.05. The summed E-state index contributed by atoms with van der Waals surface area (Å²) in [6.07, 6.45) is 10.9. The van der Waals surface area contributed by atoms with Gasteiger partial charge in [0.05, 0.1) is 0 Å². The van der Waals surface area contributed by atoms with Crippen molar-refractivity contribution in [3.05, 3.63) is 35.4 Å². The first-order chi connectivity index (χ1) is 9.27. The lowest BCUT2D eigenvalue weighted by molar-refractivity contribution is 0.0953. The van der Waals surface area contributed by atoms with Crippen LogP contribution in [-0.2, 0) is 0 Å². The van der Waals surface area contributed by atoms with Crippen molar-refractivity contribution in [3.8, 4) is 12.3 Å². The Labute approximate surface area is 115 Å². The average molecular weight is 258 g/mol. The molecule has 0 atom stereocenters. The largest absolute Gasteiger partial charge is 0.352 e. The van der Waals surface area contributed by atoms with E-state index in [1.54, 1.807) is 24.3 Å². The highest BCUT2D eigenvalue weighted by Gasteiger charge is 2.03. The summed E-state index contributed by atoms with van der Waals surface area (Å²) in [4.78, 5) is 11.8. The number of unbranched alkanes of at least 4 members (excludes halogenated alkanes) is 4. The minimum atomic E-state index is -0.0365. The fourth-order valence-corrected chi connectivity index (χ4v) is 1.82. The monoisotopic (exact) mass is 258 g/mol. The Balaban J connectivity index is 2.18. The molecule has 0 fully saturated rings. The average Bonchev–Trinajstić information content (AvgIpc) is 2.46. The Morgan fingerprint density at radius 1 is 1.11 bits per heavy atom. The summed E-state index contributed by atoms with van der Waals surface area (Å²) < 4.78 is 0. The van der Waals surface area contributed by atoms with Gasteiger partial charge in [-0.05, 0) is 43.7 Å². The summed E-state index contributed by atoms with van der Waals surface area (Å²) in [7, 11) is 0. The third kappa shape index (κ3) is 6.08. The van der Waals surface area contributed by atoms with Gasteiger partial charge in [-0.2, -0.15) is 0 Å². The van der Waals surface area contributed by atoms with Gasteiger partial charge in [0.25, 0.3) is 5.91 Å². The maximum atomic E-state index is 11.8. The zero-order valence-electron chi connectivity index (χ0n) is 11.3. The van der Waals surface area contributed by atoms with E-state index in [0.717, 1.165) is 37.9 Å². The van der Waals surface area contributed by atoms with Gasteiger partial charge in [0.2, 0.25) is 0 Å². The summed E-state index contributed by atoms with van der Waals surface area (Å²) in [5.41, 5.74) is 6.87. The third-order valence-corrected chi connectivity index (χ3v) is 2.98. The van der Waals surface area contributed by atoms with Gasteiger partial charge in [-0.15, -0.1) is 6.42 Å². The molecule has 0 radical (unpaired) electrons. The molecule has 3 heteroatoms. The number of amides is 1. The van der Waals surface area contributed by atoms with E-state index in [-0.39, 0.29) is 5.91 Å². The van der Waals surface area contributed by atoms with Crippen LogP contribution in [0, 0.1) is 12.3 Å². The summed E-state index contributed by atoms with van der Waals surface area (Å²) in [6, 6.07) is 7.07. The first-order valence-electron chi connectivity index (χ1n) is 6.83. The second kappa shape index (κ2) is 9.18. The van der Waals surface area contributed by atoms with Crippen LogP contribution in [0.3, 0.4) is 0 Å². The molecule has 0 saturated carbocycles. The van der Waals surface area contributed by atoms with Crippen molar-refractivity contribution >= 4 is 5.91 Å². The Morgan fingerprint density at radius 3 is 2.37 bits per heavy atom. The van der Waals surface area contributed by atoms with Crippen molar-refractivity contribution in [2.45, 2.75) is 32.1 Å². The van der Waals surface area contributed by atoms with Crippen LogP contribution in [0.25, 0.3) is 0 Å². The minimum Gasteiger partial charge on any atom is -0.352 e. The second-order valence-corrected chi connectivity index (χ2v) is 4.53. The molecule has 3 N–H and O–H groups in total. The van der Waals surface area contributed by atoms with Gasteiger partial charge < -0.3 is 11.1 Å². The molecule has 0 aromatic heterocycles. The van der Waals surface area contributed by atoms with Crippen LogP contribution in [0.1, 0.15) is 48.0 Å². The van der Waals surface area contributed by atoms with E-state index in [9.17, 15) is 4.79 Å². The zero-order chi connectivity index (χ0) is 13.9. The van der Waals surface area contributed by atoms with Crippen molar-refractivity contribution in [2.75, 3.05) is 13.1 Å². The molecule has 3 nitrogen and oxygen atoms in total. The highest BCUT2D eigenvalue weighted by molar-refractivity contribution is 5.94. The highest BCUT2D eigenvalue weighted by atomic mass is 16.1. The number of nitrogens with two attached hydrogens (primary N) is 1. The van der Waals surface area contributed by atoms with Crippen molar-refractivity contribution < 1.29 is 4.79 Å². The van der Waals surface area contributed by atoms with E-state index in [1.807, 2.05) is 0 Å². The van der Waals surface area contributed by atoms with Crippen molar-refractivity contribution in [1.29, 1.82) is 0 Å². The summed E-state index contributed by atoms with van der Waals surface area (Å²) in [6.45, 7) is 1.49.